The number of aliphatic hydroxyl groups excluding tert-OH is 1. The Hall–Kier alpha value is -0.570. The lowest BCUT2D eigenvalue weighted by Gasteiger charge is -2.27. The van der Waals surface area contributed by atoms with Crippen molar-refractivity contribution >= 4 is 5.97 Å². The fourth-order valence-corrected chi connectivity index (χ4v) is 0.847. The van der Waals surface area contributed by atoms with E-state index in [4.69, 9.17) is 4.74 Å². The fraction of sp³-hybridized carbons (Fsp3) is 0.909. The van der Waals surface area contributed by atoms with Crippen molar-refractivity contribution in [1.29, 1.82) is 0 Å². The van der Waals surface area contributed by atoms with E-state index in [1.165, 1.54) is 0 Å². The van der Waals surface area contributed by atoms with Gasteiger partial charge in [0.2, 0.25) is 0 Å². The fourth-order valence-electron chi connectivity index (χ4n) is 0.847. The molecule has 0 aliphatic heterocycles. The predicted octanol–water partition coefficient (Wildman–Crippen LogP) is 2.13. The summed E-state index contributed by atoms with van der Waals surface area (Å²) in [5, 5.41) is 9.65. The van der Waals surface area contributed by atoms with Gasteiger partial charge in [-0.2, -0.15) is 0 Å². The minimum absolute atomic E-state index is 0.0563. The highest BCUT2D eigenvalue weighted by Gasteiger charge is 2.27. The van der Waals surface area contributed by atoms with Gasteiger partial charge in [-0.3, -0.25) is 4.79 Å². The van der Waals surface area contributed by atoms with Gasteiger partial charge in [-0.05, 0) is 26.2 Å². The Bertz CT molecular complexity index is 196. The second-order valence-electron chi connectivity index (χ2n) is 5.67. The highest BCUT2D eigenvalue weighted by molar-refractivity contribution is 5.70. The molecule has 1 atom stereocenters. The lowest BCUT2D eigenvalue weighted by Crippen LogP contribution is -2.32. The molecular formula is C11H22O3. The maximum atomic E-state index is 11.3. The minimum atomic E-state index is -0.655. The molecule has 0 aromatic rings. The highest BCUT2D eigenvalue weighted by Crippen LogP contribution is 2.22. The van der Waals surface area contributed by atoms with Crippen LogP contribution in [0.4, 0.5) is 0 Å². The van der Waals surface area contributed by atoms with Crippen LogP contribution in [0.3, 0.4) is 0 Å². The average Bonchev–Trinajstić information content (AvgIpc) is 1.79. The molecule has 3 nitrogen and oxygen atoms in total. The van der Waals surface area contributed by atoms with E-state index >= 15 is 0 Å². The van der Waals surface area contributed by atoms with Gasteiger partial charge < -0.3 is 9.84 Å². The molecule has 0 radical (unpaired) electrons. The second kappa shape index (κ2) is 4.30. The third-order valence-corrected chi connectivity index (χ3v) is 1.78. The van der Waals surface area contributed by atoms with Gasteiger partial charge in [-0.1, -0.05) is 20.8 Å². The zero-order valence-corrected chi connectivity index (χ0v) is 10.0. The first-order valence-corrected chi connectivity index (χ1v) is 4.92. The summed E-state index contributed by atoms with van der Waals surface area (Å²) in [6, 6.07) is 0. The van der Waals surface area contributed by atoms with E-state index in [0.29, 0.717) is 0 Å². The zero-order chi connectivity index (χ0) is 11.6. The molecule has 0 fully saturated rings. The molecule has 0 spiro atoms. The molecule has 0 saturated carbocycles. The summed E-state index contributed by atoms with van der Waals surface area (Å²) < 4.78 is 5.10. The topological polar surface area (TPSA) is 46.5 Å². The van der Waals surface area contributed by atoms with Crippen LogP contribution >= 0.6 is 0 Å². The Morgan fingerprint density at radius 2 is 1.64 bits per heavy atom. The molecular weight excluding hydrogens is 180 g/mol. The summed E-state index contributed by atoms with van der Waals surface area (Å²) in [5.41, 5.74) is -0.758. The number of carbonyl (C=O) groups is 1. The normalized spacial score (nSPS) is 15.1. The standard InChI is InChI=1S/C11H22O3/c1-10(2,3)8(12)7-9(13)14-11(4,5)6/h8,12H,7H2,1-6H3/t8-/m0/s1. The van der Waals surface area contributed by atoms with Crippen molar-refractivity contribution in [3.8, 4) is 0 Å². The Labute approximate surface area is 86.5 Å². The molecule has 0 unspecified atom stereocenters. The van der Waals surface area contributed by atoms with Gasteiger partial charge in [0.05, 0.1) is 12.5 Å². The van der Waals surface area contributed by atoms with Crippen molar-refractivity contribution in [2.24, 2.45) is 5.41 Å². The zero-order valence-electron chi connectivity index (χ0n) is 10.0. The Kier molecular flexibility index (Phi) is 4.13. The minimum Gasteiger partial charge on any atom is -0.460 e. The van der Waals surface area contributed by atoms with Gasteiger partial charge in [-0.25, -0.2) is 0 Å². The van der Waals surface area contributed by atoms with E-state index in [0.717, 1.165) is 0 Å². The van der Waals surface area contributed by atoms with Gasteiger partial charge in [0.1, 0.15) is 5.60 Å². The smallest absolute Gasteiger partial charge is 0.308 e. The number of aliphatic hydroxyl groups is 1. The van der Waals surface area contributed by atoms with Crippen LogP contribution in [0, 0.1) is 5.41 Å². The van der Waals surface area contributed by atoms with E-state index in [9.17, 15) is 9.90 Å². The molecule has 14 heavy (non-hydrogen) atoms. The number of rotatable bonds is 2. The molecule has 1 N–H and O–H groups in total. The van der Waals surface area contributed by atoms with Crippen LogP contribution in [0.15, 0.2) is 0 Å². The van der Waals surface area contributed by atoms with Gasteiger partial charge in [0.15, 0.2) is 0 Å². The van der Waals surface area contributed by atoms with Crippen LogP contribution in [0.1, 0.15) is 48.0 Å². The molecule has 3 heteroatoms. The highest BCUT2D eigenvalue weighted by atomic mass is 16.6. The van der Waals surface area contributed by atoms with Crippen LogP contribution in [-0.4, -0.2) is 22.8 Å². The first-order valence-electron chi connectivity index (χ1n) is 4.92. The molecule has 0 amide bonds. The second-order valence-corrected chi connectivity index (χ2v) is 5.67. The molecule has 0 aromatic carbocycles. The summed E-state index contributed by atoms with van der Waals surface area (Å²) in [5.74, 6) is -0.347. The van der Waals surface area contributed by atoms with Crippen LogP contribution < -0.4 is 0 Å². The van der Waals surface area contributed by atoms with Gasteiger partial charge >= 0.3 is 5.97 Å². The predicted molar refractivity (Wildman–Crippen MR) is 55.9 cm³/mol. The Morgan fingerprint density at radius 1 is 1.21 bits per heavy atom. The van der Waals surface area contributed by atoms with E-state index in [1.54, 1.807) is 0 Å². The van der Waals surface area contributed by atoms with Crippen LogP contribution in [0.2, 0.25) is 0 Å². The average molecular weight is 202 g/mol. The number of ether oxygens (including phenoxy) is 1. The van der Waals surface area contributed by atoms with Gasteiger partial charge in [0.25, 0.3) is 0 Å². The molecule has 84 valence electrons. The lowest BCUT2D eigenvalue weighted by molar-refractivity contribution is -0.158. The summed E-state index contributed by atoms with van der Waals surface area (Å²) >= 11 is 0. The van der Waals surface area contributed by atoms with Crippen LogP contribution in [-0.2, 0) is 9.53 Å². The molecule has 0 bridgehead atoms. The lowest BCUT2D eigenvalue weighted by atomic mass is 9.87. The SMILES string of the molecule is CC(C)(C)OC(=O)C[C@H](O)C(C)(C)C. The van der Waals surface area contributed by atoms with Crippen molar-refractivity contribution in [1.82, 2.24) is 0 Å². The van der Waals surface area contributed by atoms with Crippen LogP contribution in [0.25, 0.3) is 0 Å². The summed E-state index contributed by atoms with van der Waals surface area (Å²) in [6.07, 6.45) is -0.599. The molecule has 0 heterocycles. The van der Waals surface area contributed by atoms with E-state index in [2.05, 4.69) is 0 Å². The Balaban J connectivity index is 4.09. The van der Waals surface area contributed by atoms with Crippen LogP contribution in [0.5, 0.6) is 0 Å². The van der Waals surface area contributed by atoms with Crippen molar-refractivity contribution in [2.45, 2.75) is 59.7 Å². The third kappa shape index (κ3) is 5.97. The Morgan fingerprint density at radius 3 is 1.93 bits per heavy atom. The van der Waals surface area contributed by atoms with Gasteiger partial charge in [0, 0.05) is 0 Å². The first kappa shape index (κ1) is 13.4. The van der Waals surface area contributed by atoms with Crippen molar-refractivity contribution < 1.29 is 14.6 Å². The molecule has 0 aliphatic rings. The molecule has 0 aromatic heterocycles. The maximum Gasteiger partial charge on any atom is 0.308 e. The summed E-state index contributed by atoms with van der Waals surface area (Å²) in [4.78, 5) is 11.3. The largest absolute Gasteiger partial charge is 0.460 e. The van der Waals surface area contributed by atoms with Gasteiger partial charge in [-0.15, -0.1) is 0 Å². The van der Waals surface area contributed by atoms with Crippen molar-refractivity contribution in [3.05, 3.63) is 0 Å². The molecule has 0 aliphatic carbocycles. The maximum absolute atomic E-state index is 11.3. The summed E-state index contributed by atoms with van der Waals surface area (Å²) in [6.45, 7) is 11.1. The summed E-state index contributed by atoms with van der Waals surface area (Å²) in [7, 11) is 0. The first-order chi connectivity index (χ1) is 6.02. The van der Waals surface area contributed by atoms with E-state index in [-0.39, 0.29) is 17.8 Å². The quantitative estimate of drug-likeness (QED) is 0.698. The van der Waals surface area contributed by atoms with Crippen molar-refractivity contribution in [2.75, 3.05) is 0 Å². The number of hydrogen-bond donors (Lipinski definition) is 1. The molecule has 0 rings (SSSR count). The number of esters is 1. The number of hydrogen-bond acceptors (Lipinski definition) is 3. The third-order valence-electron chi connectivity index (χ3n) is 1.78. The molecule has 0 saturated heterocycles. The number of carbonyl (C=O) groups excluding carboxylic acids is 1. The van der Waals surface area contributed by atoms with E-state index < -0.39 is 11.7 Å². The van der Waals surface area contributed by atoms with E-state index in [1.807, 2.05) is 41.5 Å². The monoisotopic (exact) mass is 202 g/mol. The van der Waals surface area contributed by atoms with Crippen molar-refractivity contribution in [3.63, 3.8) is 0 Å².